The first-order valence-corrected chi connectivity index (χ1v) is 9.80. The lowest BCUT2D eigenvalue weighted by atomic mass is 10.1. The van der Waals surface area contributed by atoms with Crippen LogP contribution in [0.1, 0.15) is 24.6 Å². The van der Waals surface area contributed by atoms with Crippen molar-refractivity contribution in [3.8, 4) is 0 Å². The molecule has 1 atom stereocenters. The summed E-state index contributed by atoms with van der Waals surface area (Å²) in [5, 5.41) is 9.02. The van der Waals surface area contributed by atoms with Gasteiger partial charge in [-0.05, 0) is 36.6 Å². The second-order valence-electron chi connectivity index (χ2n) is 6.53. The molecule has 0 amide bonds. The standard InChI is InChI=1S/C18H32N4OS/c1-15(13-17-5-4-12-24-17)14-21-18(19-2)20-8-9-22(10-11-23-3)16-6-7-16/h4-5,12,15-16H,6-11,13-14H2,1-3H3,(H2,19,20,21). The summed E-state index contributed by atoms with van der Waals surface area (Å²) in [6.45, 7) is 7.00. The summed E-state index contributed by atoms with van der Waals surface area (Å²) in [6, 6.07) is 5.10. The minimum atomic E-state index is 0.590. The van der Waals surface area contributed by atoms with Gasteiger partial charge in [-0.3, -0.25) is 9.89 Å². The van der Waals surface area contributed by atoms with Crippen LogP contribution >= 0.6 is 11.3 Å². The van der Waals surface area contributed by atoms with Crippen LogP contribution in [0, 0.1) is 5.92 Å². The van der Waals surface area contributed by atoms with E-state index in [4.69, 9.17) is 4.74 Å². The van der Waals surface area contributed by atoms with Gasteiger partial charge in [0.25, 0.3) is 0 Å². The third kappa shape index (κ3) is 7.20. The van der Waals surface area contributed by atoms with Crippen LogP contribution in [-0.4, -0.2) is 63.8 Å². The third-order valence-electron chi connectivity index (χ3n) is 4.31. The molecule has 5 nitrogen and oxygen atoms in total. The van der Waals surface area contributed by atoms with Crippen molar-refractivity contribution in [2.75, 3.05) is 46.9 Å². The van der Waals surface area contributed by atoms with Gasteiger partial charge in [0.15, 0.2) is 5.96 Å². The van der Waals surface area contributed by atoms with Crippen LogP contribution in [0.25, 0.3) is 0 Å². The van der Waals surface area contributed by atoms with Gasteiger partial charge < -0.3 is 15.4 Å². The summed E-state index contributed by atoms with van der Waals surface area (Å²) in [7, 11) is 3.61. The second-order valence-corrected chi connectivity index (χ2v) is 7.56. The van der Waals surface area contributed by atoms with Crippen LogP contribution in [-0.2, 0) is 11.2 Å². The average Bonchev–Trinajstić information content (AvgIpc) is 3.31. The van der Waals surface area contributed by atoms with Gasteiger partial charge in [0.2, 0.25) is 0 Å². The number of methoxy groups -OCH3 is 1. The summed E-state index contributed by atoms with van der Waals surface area (Å²) >= 11 is 1.83. The molecular formula is C18H32N4OS. The normalized spacial score (nSPS) is 16.4. The van der Waals surface area contributed by atoms with Crippen LogP contribution in [0.5, 0.6) is 0 Å². The monoisotopic (exact) mass is 352 g/mol. The van der Waals surface area contributed by atoms with E-state index in [0.717, 1.165) is 51.2 Å². The predicted octanol–water partition coefficient (Wildman–Crippen LogP) is 2.20. The van der Waals surface area contributed by atoms with E-state index in [0.29, 0.717) is 5.92 Å². The lowest BCUT2D eigenvalue weighted by molar-refractivity contribution is 0.144. The van der Waals surface area contributed by atoms with E-state index in [1.807, 2.05) is 18.4 Å². The van der Waals surface area contributed by atoms with Crippen molar-refractivity contribution in [3.63, 3.8) is 0 Å². The zero-order valence-corrected chi connectivity index (χ0v) is 16.1. The number of ether oxygens (including phenoxy) is 1. The summed E-state index contributed by atoms with van der Waals surface area (Å²) in [6.07, 6.45) is 3.78. The average molecular weight is 353 g/mol. The lowest BCUT2D eigenvalue weighted by Crippen LogP contribution is -2.44. The molecule has 6 heteroatoms. The molecule has 0 bridgehead atoms. The lowest BCUT2D eigenvalue weighted by Gasteiger charge is -2.22. The Kier molecular flexibility index (Phi) is 8.56. The van der Waals surface area contributed by atoms with E-state index in [2.05, 4.69) is 45.0 Å². The fraction of sp³-hybridized carbons (Fsp3) is 0.722. The summed E-state index contributed by atoms with van der Waals surface area (Å²) < 4.78 is 5.21. The number of hydrogen-bond acceptors (Lipinski definition) is 4. The number of rotatable bonds is 11. The summed E-state index contributed by atoms with van der Waals surface area (Å²) in [5.74, 6) is 1.49. The van der Waals surface area contributed by atoms with E-state index in [-0.39, 0.29) is 0 Å². The molecule has 0 saturated heterocycles. The molecule has 1 aliphatic carbocycles. The number of guanidine groups is 1. The van der Waals surface area contributed by atoms with Gasteiger partial charge >= 0.3 is 0 Å². The van der Waals surface area contributed by atoms with Gasteiger partial charge in [-0.1, -0.05) is 13.0 Å². The Bertz CT molecular complexity index is 473. The molecule has 1 saturated carbocycles. The van der Waals surface area contributed by atoms with Gasteiger partial charge in [-0.2, -0.15) is 0 Å². The molecule has 1 unspecified atom stereocenters. The highest BCUT2D eigenvalue weighted by atomic mass is 32.1. The van der Waals surface area contributed by atoms with Crippen molar-refractivity contribution >= 4 is 17.3 Å². The SMILES string of the molecule is CN=C(NCCN(CCOC)C1CC1)NCC(C)Cc1cccs1. The van der Waals surface area contributed by atoms with E-state index < -0.39 is 0 Å². The van der Waals surface area contributed by atoms with Crippen molar-refractivity contribution in [2.45, 2.75) is 32.2 Å². The van der Waals surface area contributed by atoms with Crippen molar-refractivity contribution in [3.05, 3.63) is 22.4 Å². The maximum Gasteiger partial charge on any atom is 0.191 e. The molecule has 1 heterocycles. The Labute approximate surface area is 150 Å². The highest BCUT2D eigenvalue weighted by Crippen LogP contribution is 2.25. The number of nitrogens with zero attached hydrogens (tertiary/aromatic N) is 2. The third-order valence-corrected chi connectivity index (χ3v) is 5.21. The second kappa shape index (κ2) is 10.7. The molecule has 0 aliphatic heterocycles. The molecule has 0 radical (unpaired) electrons. The molecular weight excluding hydrogens is 320 g/mol. The molecule has 136 valence electrons. The summed E-state index contributed by atoms with van der Waals surface area (Å²) in [4.78, 5) is 8.30. The molecule has 1 fully saturated rings. The number of aliphatic imine (C=N–C) groups is 1. The first-order chi connectivity index (χ1) is 11.7. The van der Waals surface area contributed by atoms with Gasteiger partial charge in [0.1, 0.15) is 0 Å². The van der Waals surface area contributed by atoms with Gasteiger partial charge in [0, 0.05) is 51.3 Å². The van der Waals surface area contributed by atoms with Gasteiger partial charge in [-0.15, -0.1) is 11.3 Å². The van der Waals surface area contributed by atoms with Crippen molar-refractivity contribution < 1.29 is 4.74 Å². The minimum Gasteiger partial charge on any atom is -0.383 e. The fourth-order valence-corrected chi connectivity index (χ4v) is 3.65. The van der Waals surface area contributed by atoms with Crippen LogP contribution < -0.4 is 10.6 Å². The maximum absolute atomic E-state index is 5.21. The van der Waals surface area contributed by atoms with Crippen molar-refractivity contribution in [1.29, 1.82) is 0 Å². The fourth-order valence-electron chi connectivity index (χ4n) is 2.78. The molecule has 24 heavy (non-hydrogen) atoms. The minimum absolute atomic E-state index is 0.590. The quantitative estimate of drug-likeness (QED) is 0.473. The smallest absolute Gasteiger partial charge is 0.191 e. The van der Waals surface area contributed by atoms with Crippen molar-refractivity contribution in [2.24, 2.45) is 10.9 Å². The van der Waals surface area contributed by atoms with Crippen LogP contribution in [0.3, 0.4) is 0 Å². The van der Waals surface area contributed by atoms with Crippen LogP contribution in [0.2, 0.25) is 0 Å². The van der Waals surface area contributed by atoms with E-state index in [9.17, 15) is 0 Å². The Morgan fingerprint density at radius 2 is 2.25 bits per heavy atom. The molecule has 0 aromatic carbocycles. The molecule has 0 spiro atoms. The predicted molar refractivity (Wildman–Crippen MR) is 103 cm³/mol. The van der Waals surface area contributed by atoms with Gasteiger partial charge in [-0.25, -0.2) is 0 Å². The maximum atomic E-state index is 5.21. The highest BCUT2D eigenvalue weighted by molar-refractivity contribution is 7.09. The first kappa shape index (κ1) is 19.2. The molecule has 1 aliphatic rings. The first-order valence-electron chi connectivity index (χ1n) is 8.92. The highest BCUT2D eigenvalue weighted by Gasteiger charge is 2.28. The Balaban J connectivity index is 1.62. The van der Waals surface area contributed by atoms with Crippen molar-refractivity contribution in [1.82, 2.24) is 15.5 Å². The number of thiophene rings is 1. The van der Waals surface area contributed by atoms with E-state index in [1.165, 1.54) is 17.7 Å². The molecule has 1 aromatic heterocycles. The number of nitrogens with one attached hydrogen (secondary N) is 2. The Morgan fingerprint density at radius 3 is 2.88 bits per heavy atom. The van der Waals surface area contributed by atoms with Gasteiger partial charge in [0.05, 0.1) is 6.61 Å². The Hall–Kier alpha value is -1.11. The zero-order chi connectivity index (χ0) is 17.2. The van der Waals surface area contributed by atoms with Crippen LogP contribution in [0.4, 0.5) is 0 Å². The van der Waals surface area contributed by atoms with Crippen LogP contribution in [0.15, 0.2) is 22.5 Å². The summed E-state index contributed by atoms with van der Waals surface area (Å²) in [5.41, 5.74) is 0. The number of hydrogen-bond donors (Lipinski definition) is 2. The molecule has 1 aromatic rings. The zero-order valence-electron chi connectivity index (χ0n) is 15.3. The largest absolute Gasteiger partial charge is 0.383 e. The molecule has 2 N–H and O–H groups in total. The topological polar surface area (TPSA) is 48.9 Å². The Morgan fingerprint density at radius 1 is 1.42 bits per heavy atom. The van der Waals surface area contributed by atoms with E-state index in [1.54, 1.807) is 7.11 Å². The molecule has 2 rings (SSSR count). The van der Waals surface area contributed by atoms with E-state index >= 15 is 0 Å².